The van der Waals surface area contributed by atoms with Crippen LogP contribution in [0.1, 0.15) is 26.2 Å². The Bertz CT molecular complexity index is 412. The molecular formula is C13H17BrClNO2. The summed E-state index contributed by atoms with van der Waals surface area (Å²) in [6, 6.07) is 5.13. The summed E-state index contributed by atoms with van der Waals surface area (Å²) in [4.78, 5) is 11.7. The summed E-state index contributed by atoms with van der Waals surface area (Å²) in [6.45, 7) is 2.08. The van der Waals surface area contributed by atoms with Crippen molar-refractivity contribution in [2.45, 2.75) is 32.2 Å². The maximum absolute atomic E-state index is 11.7. The van der Waals surface area contributed by atoms with Gasteiger partial charge in [-0.25, -0.2) is 4.79 Å². The van der Waals surface area contributed by atoms with Gasteiger partial charge in [-0.15, -0.1) is 0 Å². The molecule has 5 heteroatoms. The van der Waals surface area contributed by atoms with E-state index in [1.807, 2.05) is 12.1 Å². The molecule has 0 amide bonds. The minimum Gasteiger partial charge on any atom is -0.467 e. The topological polar surface area (TPSA) is 38.3 Å². The Morgan fingerprint density at radius 2 is 2.28 bits per heavy atom. The molecule has 1 unspecified atom stereocenters. The Morgan fingerprint density at radius 3 is 2.89 bits per heavy atom. The number of carbonyl (C=O) groups is 1. The zero-order valence-corrected chi connectivity index (χ0v) is 12.8. The van der Waals surface area contributed by atoms with Gasteiger partial charge < -0.3 is 10.1 Å². The standard InChI is InChI=1S/C13H17BrClNO2/c1-3-4-5-11(13(17)18-2)16-12-8-9(14)6-7-10(12)15/h6-8,11,16H,3-5H2,1-2H3. The molecule has 18 heavy (non-hydrogen) atoms. The molecule has 1 atom stereocenters. The lowest BCUT2D eigenvalue weighted by Gasteiger charge is -2.18. The number of rotatable bonds is 6. The van der Waals surface area contributed by atoms with E-state index in [0.29, 0.717) is 5.02 Å². The van der Waals surface area contributed by atoms with Crippen LogP contribution in [0.25, 0.3) is 0 Å². The molecule has 100 valence electrons. The number of hydrogen-bond donors (Lipinski definition) is 1. The van der Waals surface area contributed by atoms with Crippen molar-refractivity contribution in [1.82, 2.24) is 0 Å². The summed E-state index contributed by atoms with van der Waals surface area (Å²) in [7, 11) is 1.39. The van der Waals surface area contributed by atoms with Crippen molar-refractivity contribution in [3.8, 4) is 0 Å². The normalized spacial score (nSPS) is 12.0. The van der Waals surface area contributed by atoms with Crippen LogP contribution in [-0.4, -0.2) is 19.1 Å². The molecule has 0 saturated heterocycles. The van der Waals surface area contributed by atoms with Crippen molar-refractivity contribution in [1.29, 1.82) is 0 Å². The highest BCUT2D eigenvalue weighted by atomic mass is 79.9. The molecule has 1 N–H and O–H groups in total. The van der Waals surface area contributed by atoms with Crippen LogP contribution in [0.2, 0.25) is 5.02 Å². The van der Waals surface area contributed by atoms with Crippen molar-refractivity contribution in [3.05, 3.63) is 27.7 Å². The van der Waals surface area contributed by atoms with E-state index in [2.05, 4.69) is 28.2 Å². The van der Waals surface area contributed by atoms with Crippen LogP contribution < -0.4 is 5.32 Å². The first-order valence-corrected chi connectivity index (χ1v) is 7.05. The van der Waals surface area contributed by atoms with E-state index < -0.39 is 0 Å². The van der Waals surface area contributed by atoms with E-state index in [1.54, 1.807) is 6.07 Å². The summed E-state index contributed by atoms with van der Waals surface area (Å²) >= 11 is 9.46. The van der Waals surface area contributed by atoms with Crippen LogP contribution >= 0.6 is 27.5 Å². The molecular weight excluding hydrogens is 318 g/mol. The number of nitrogens with one attached hydrogen (secondary N) is 1. The number of carbonyl (C=O) groups excluding carboxylic acids is 1. The SMILES string of the molecule is CCCCC(Nc1cc(Br)ccc1Cl)C(=O)OC. The Kier molecular flexibility index (Phi) is 6.50. The Hall–Kier alpha value is -0.740. The first-order chi connectivity index (χ1) is 8.58. The van der Waals surface area contributed by atoms with Gasteiger partial charge >= 0.3 is 5.97 Å². The molecule has 0 saturated carbocycles. The fourth-order valence-corrected chi connectivity index (χ4v) is 2.13. The lowest BCUT2D eigenvalue weighted by Crippen LogP contribution is -2.30. The Morgan fingerprint density at radius 1 is 1.56 bits per heavy atom. The number of ether oxygens (including phenoxy) is 1. The summed E-state index contributed by atoms with van der Waals surface area (Å²) in [5.74, 6) is -0.264. The Balaban J connectivity index is 2.81. The zero-order valence-electron chi connectivity index (χ0n) is 10.5. The molecule has 1 aromatic carbocycles. The van der Waals surface area contributed by atoms with E-state index in [4.69, 9.17) is 16.3 Å². The van der Waals surface area contributed by atoms with Gasteiger partial charge in [0.25, 0.3) is 0 Å². The highest BCUT2D eigenvalue weighted by Crippen LogP contribution is 2.27. The van der Waals surface area contributed by atoms with Gasteiger partial charge in [0.05, 0.1) is 17.8 Å². The third-order valence-electron chi connectivity index (χ3n) is 2.59. The number of anilines is 1. The van der Waals surface area contributed by atoms with E-state index in [9.17, 15) is 4.79 Å². The van der Waals surface area contributed by atoms with Crippen molar-refractivity contribution in [2.75, 3.05) is 12.4 Å². The number of methoxy groups -OCH3 is 1. The number of esters is 1. The minimum absolute atomic E-state index is 0.264. The third kappa shape index (κ3) is 4.50. The molecule has 3 nitrogen and oxygen atoms in total. The average molecular weight is 335 g/mol. The van der Waals surface area contributed by atoms with Gasteiger partial charge in [-0.3, -0.25) is 0 Å². The van der Waals surface area contributed by atoms with Crippen LogP contribution in [0.5, 0.6) is 0 Å². The largest absolute Gasteiger partial charge is 0.467 e. The van der Waals surface area contributed by atoms with Crippen LogP contribution in [-0.2, 0) is 9.53 Å². The van der Waals surface area contributed by atoms with Crippen molar-refractivity contribution < 1.29 is 9.53 Å². The van der Waals surface area contributed by atoms with Gasteiger partial charge in [-0.1, -0.05) is 47.3 Å². The number of unbranched alkanes of at least 4 members (excludes halogenated alkanes) is 1. The van der Waals surface area contributed by atoms with Gasteiger partial charge in [0.15, 0.2) is 0 Å². The first-order valence-electron chi connectivity index (χ1n) is 5.88. The molecule has 0 spiro atoms. The number of benzene rings is 1. The highest BCUT2D eigenvalue weighted by Gasteiger charge is 2.19. The first kappa shape index (κ1) is 15.3. The van der Waals surface area contributed by atoms with Crippen LogP contribution in [0.15, 0.2) is 22.7 Å². The second kappa shape index (κ2) is 7.64. The molecule has 0 heterocycles. The van der Waals surface area contributed by atoms with E-state index in [0.717, 1.165) is 29.4 Å². The monoisotopic (exact) mass is 333 g/mol. The van der Waals surface area contributed by atoms with Gasteiger partial charge in [-0.05, 0) is 24.6 Å². The number of hydrogen-bond acceptors (Lipinski definition) is 3. The van der Waals surface area contributed by atoms with Gasteiger partial charge in [0.1, 0.15) is 6.04 Å². The quantitative estimate of drug-likeness (QED) is 0.791. The fraction of sp³-hybridized carbons (Fsp3) is 0.462. The second-order valence-electron chi connectivity index (χ2n) is 3.99. The molecule has 0 radical (unpaired) electrons. The molecule has 0 aliphatic carbocycles. The zero-order chi connectivity index (χ0) is 13.5. The van der Waals surface area contributed by atoms with Gasteiger partial charge in [0, 0.05) is 4.47 Å². The smallest absolute Gasteiger partial charge is 0.328 e. The van der Waals surface area contributed by atoms with Crippen molar-refractivity contribution in [2.24, 2.45) is 0 Å². The summed E-state index contributed by atoms with van der Waals surface area (Å²) in [5.41, 5.74) is 0.734. The van der Waals surface area contributed by atoms with Crippen LogP contribution in [0.4, 0.5) is 5.69 Å². The predicted octanol–water partition coefficient (Wildman–Crippen LogP) is 4.25. The van der Waals surface area contributed by atoms with Crippen molar-refractivity contribution in [3.63, 3.8) is 0 Å². The lowest BCUT2D eigenvalue weighted by atomic mass is 10.1. The lowest BCUT2D eigenvalue weighted by molar-refractivity contribution is -0.141. The van der Waals surface area contributed by atoms with E-state index in [-0.39, 0.29) is 12.0 Å². The Labute approximate surface area is 121 Å². The molecule has 0 aliphatic rings. The summed E-state index contributed by atoms with van der Waals surface area (Å²) in [5, 5.41) is 3.72. The maximum atomic E-state index is 11.7. The number of halogens is 2. The van der Waals surface area contributed by atoms with Gasteiger partial charge in [0.2, 0.25) is 0 Å². The summed E-state index contributed by atoms with van der Waals surface area (Å²) in [6.07, 6.45) is 2.71. The summed E-state index contributed by atoms with van der Waals surface area (Å²) < 4.78 is 5.71. The van der Waals surface area contributed by atoms with Crippen molar-refractivity contribution >= 4 is 39.2 Å². The van der Waals surface area contributed by atoms with Crippen LogP contribution in [0, 0.1) is 0 Å². The molecule has 0 bridgehead atoms. The maximum Gasteiger partial charge on any atom is 0.328 e. The molecule has 0 aromatic heterocycles. The second-order valence-corrected chi connectivity index (χ2v) is 5.31. The van der Waals surface area contributed by atoms with E-state index in [1.165, 1.54) is 7.11 Å². The predicted molar refractivity (Wildman–Crippen MR) is 78.1 cm³/mol. The fourth-order valence-electron chi connectivity index (χ4n) is 1.60. The molecule has 1 aromatic rings. The van der Waals surface area contributed by atoms with E-state index >= 15 is 0 Å². The van der Waals surface area contributed by atoms with Gasteiger partial charge in [-0.2, -0.15) is 0 Å². The average Bonchev–Trinajstić information content (AvgIpc) is 2.37. The third-order valence-corrected chi connectivity index (χ3v) is 3.41. The molecule has 0 fully saturated rings. The minimum atomic E-state index is -0.359. The molecule has 0 aliphatic heterocycles. The molecule has 1 rings (SSSR count). The van der Waals surface area contributed by atoms with Crippen LogP contribution in [0.3, 0.4) is 0 Å². The highest BCUT2D eigenvalue weighted by molar-refractivity contribution is 9.10.